The van der Waals surface area contributed by atoms with Gasteiger partial charge in [0.1, 0.15) is 25.4 Å². The smallest absolute Gasteiger partial charge is 0.463 e. The minimum Gasteiger partial charge on any atom is -0.463 e. The van der Waals surface area contributed by atoms with Crippen LogP contribution in [0, 0.1) is 0 Å². The van der Waals surface area contributed by atoms with Gasteiger partial charge in [-0.3, -0.25) is 32.5 Å². The molecule has 5 atom stereocenters. The Balaban J connectivity index is 4.49. The van der Waals surface area contributed by atoms with Gasteiger partial charge < -0.3 is 34.2 Å². The number of rotatable bonds is 84. The minimum atomic E-state index is -4.94. The number of aliphatic hydroxyl groups is 2. The van der Waals surface area contributed by atoms with Crippen molar-refractivity contribution in [3.8, 4) is 0 Å². The largest absolute Gasteiger partial charge is 0.472 e. The van der Waals surface area contributed by atoms with E-state index in [0.717, 1.165) is 161 Å². The lowest BCUT2D eigenvalue weighted by Gasteiger charge is -2.21. The van der Waals surface area contributed by atoms with Gasteiger partial charge in [0.25, 0.3) is 0 Å². The van der Waals surface area contributed by atoms with Gasteiger partial charge in [0.2, 0.25) is 0 Å². The molecule has 648 valence electrons. The van der Waals surface area contributed by atoms with Gasteiger partial charge in [-0.05, 0) is 148 Å². The van der Waals surface area contributed by atoms with Crippen LogP contribution in [0.15, 0.2) is 158 Å². The molecule has 0 fully saturated rings. The maximum absolute atomic E-state index is 13.0. The third-order valence-corrected chi connectivity index (χ3v) is 20.6. The zero-order chi connectivity index (χ0) is 82.2. The maximum Gasteiger partial charge on any atom is 0.472 e. The van der Waals surface area contributed by atoms with Crippen LogP contribution in [0.1, 0.15) is 367 Å². The number of unbranched alkanes of at least 4 members (excludes halogenated alkanes) is 35. The van der Waals surface area contributed by atoms with Crippen molar-refractivity contribution in [2.24, 2.45) is 0 Å². The zero-order valence-electron chi connectivity index (χ0n) is 71.3. The molecule has 5 unspecified atom stereocenters. The first kappa shape index (κ1) is 108. The molecule has 0 aliphatic carbocycles. The maximum atomic E-state index is 13.0. The molecule has 0 aromatic heterocycles. The van der Waals surface area contributed by atoms with E-state index < -0.39 is 91.5 Å². The highest BCUT2D eigenvalue weighted by molar-refractivity contribution is 7.47. The van der Waals surface area contributed by atoms with Crippen molar-refractivity contribution in [2.45, 2.75) is 386 Å². The molecule has 0 rings (SSSR count). The summed E-state index contributed by atoms with van der Waals surface area (Å²) in [5.41, 5.74) is 0. The van der Waals surface area contributed by atoms with Gasteiger partial charge in [0.15, 0.2) is 6.10 Å². The first-order valence-corrected chi connectivity index (χ1v) is 47.8. The van der Waals surface area contributed by atoms with Crippen LogP contribution < -0.4 is 0 Å². The number of carbonyl (C=O) groups excluding carboxylic acids is 3. The van der Waals surface area contributed by atoms with Gasteiger partial charge in [-0.2, -0.15) is 0 Å². The third-order valence-electron chi connectivity index (χ3n) is 18.7. The monoisotopic (exact) mass is 1620 g/mol. The van der Waals surface area contributed by atoms with Crippen LogP contribution in [-0.4, -0.2) is 95.9 Å². The summed E-state index contributed by atoms with van der Waals surface area (Å²) in [4.78, 5) is 58.9. The van der Waals surface area contributed by atoms with Crippen LogP contribution in [0.3, 0.4) is 0 Å². The van der Waals surface area contributed by atoms with E-state index in [0.29, 0.717) is 19.3 Å². The Morgan fingerprint density at radius 3 is 0.743 bits per heavy atom. The van der Waals surface area contributed by atoms with Crippen LogP contribution in [0.5, 0.6) is 0 Å². The molecule has 0 amide bonds. The molecule has 18 heteroatoms. The van der Waals surface area contributed by atoms with Gasteiger partial charge in [0.05, 0.1) is 26.4 Å². The van der Waals surface area contributed by atoms with Crippen LogP contribution in [0.4, 0.5) is 0 Å². The number of hydrogen-bond acceptors (Lipinski definition) is 14. The topological polar surface area (TPSA) is 231 Å². The molecule has 0 heterocycles. The summed E-state index contributed by atoms with van der Waals surface area (Å²) < 4.78 is 61.4. The van der Waals surface area contributed by atoms with Crippen LogP contribution >= 0.6 is 15.6 Å². The van der Waals surface area contributed by atoms with E-state index >= 15 is 0 Å². The van der Waals surface area contributed by atoms with Gasteiger partial charge in [-0.1, -0.05) is 359 Å². The number of phosphoric ester groups is 2. The van der Waals surface area contributed by atoms with Crippen molar-refractivity contribution >= 4 is 33.6 Å². The molecule has 0 aromatic carbocycles. The normalized spacial score (nSPS) is 14.6. The fraction of sp³-hybridized carbons (Fsp3) is 0.695. The predicted octanol–water partition coefficient (Wildman–Crippen LogP) is 27.3. The molecule has 0 saturated heterocycles. The average Bonchev–Trinajstić information content (AvgIpc) is 0.903. The summed E-state index contributed by atoms with van der Waals surface area (Å²) in [6, 6.07) is 0. The number of hydrogen-bond donors (Lipinski definition) is 4. The van der Waals surface area contributed by atoms with E-state index in [2.05, 4.69) is 179 Å². The first-order chi connectivity index (χ1) is 55.2. The summed E-state index contributed by atoms with van der Waals surface area (Å²) in [7, 11) is -9.81. The first-order valence-electron chi connectivity index (χ1n) is 44.8. The van der Waals surface area contributed by atoms with Crippen molar-refractivity contribution < 1.29 is 75.8 Å². The Hall–Kier alpha value is -4.83. The number of ether oxygens (including phenoxy) is 3. The van der Waals surface area contributed by atoms with Gasteiger partial charge in [-0.15, -0.1) is 0 Å². The highest BCUT2D eigenvalue weighted by atomic mass is 31.2. The van der Waals surface area contributed by atoms with E-state index in [4.69, 9.17) is 32.3 Å². The Bertz CT molecular complexity index is 2680. The van der Waals surface area contributed by atoms with Crippen molar-refractivity contribution in [1.29, 1.82) is 0 Å². The van der Waals surface area contributed by atoms with Gasteiger partial charge in [-0.25, -0.2) is 9.13 Å². The quantitative estimate of drug-likeness (QED) is 0.0146. The number of phosphoric acid groups is 2. The fourth-order valence-corrected chi connectivity index (χ4v) is 13.6. The number of aliphatic hydroxyl groups excluding tert-OH is 2. The predicted molar refractivity (Wildman–Crippen MR) is 472 cm³/mol. The van der Waals surface area contributed by atoms with Crippen molar-refractivity contribution in [2.75, 3.05) is 39.6 Å². The Kier molecular flexibility index (Phi) is 82.8. The average molecular weight is 1620 g/mol. The molecule has 0 aliphatic rings. The van der Waals surface area contributed by atoms with E-state index in [1.807, 2.05) is 0 Å². The highest BCUT2D eigenvalue weighted by Gasteiger charge is 2.29. The fourth-order valence-electron chi connectivity index (χ4n) is 12.0. The Morgan fingerprint density at radius 1 is 0.257 bits per heavy atom. The van der Waals surface area contributed by atoms with E-state index in [9.17, 15) is 43.5 Å². The standard InChI is InChI=1S/C95H162O16P2/c1-4-7-10-13-16-19-22-25-28-30-32-34-36-38-40-42-44-46-48-50-52-54-56-58-61-63-66-69-72-75-78-81-93(98)105-84-90(96)85-107-112(101,102)108-86-91(97)87-109-113(103,104)110-89-92(111-95(100)83-80-77-74-71-68-65-60-27-24-21-18-15-12-9-6-3)88-106-94(99)82-79-76-73-70-67-64-62-59-57-55-53-51-49-47-45-43-41-39-37-35-33-31-29-26-23-20-17-14-11-8-5-2/h7-8,10-11,16-21,25-29,32-35,38-41,44,46,60,90-92,96-97H,4-6,9,12-15,22-24,30-31,36-37,42-43,45,47-59,61-89H2,1-3H3,(H,101,102)(H,103,104)/b10-7-,11-8-,19-16-,20-17-,21-18-,28-25-,29-26-,34-32-,35-33-,40-38-,41-39-,46-44-,60-27-. The number of esters is 3. The third kappa shape index (κ3) is 87.8. The van der Waals surface area contributed by atoms with E-state index in [-0.39, 0.29) is 19.3 Å². The lowest BCUT2D eigenvalue weighted by Crippen LogP contribution is -2.30. The Morgan fingerprint density at radius 2 is 0.469 bits per heavy atom. The van der Waals surface area contributed by atoms with Crippen molar-refractivity contribution in [3.63, 3.8) is 0 Å². The van der Waals surface area contributed by atoms with E-state index in [1.54, 1.807) is 0 Å². The van der Waals surface area contributed by atoms with Crippen molar-refractivity contribution in [1.82, 2.24) is 0 Å². The molecule has 0 bridgehead atoms. The van der Waals surface area contributed by atoms with E-state index in [1.165, 1.54) is 148 Å². The summed E-state index contributed by atoms with van der Waals surface area (Å²) in [6.45, 7) is 2.44. The molecule has 0 spiro atoms. The molecule has 0 radical (unpaired) electrons. The molecule has 0 saturated carbocycles. The molecule has 0 aliphatic heterocycles. The second-order valence-corrected chi connectivity index (χ2v) is 32.5. The summed E-state index contributed by atoms with van der Waals surface area (Å²) in [5, 5.41) is 20.7. The van der Waals surface area contributed by atoms with Crippen molar-refractivity contribution in [3.05, 3.63) is 158 Å². The lowest BCUT2D eigenvalue weighted by molar-refractivity contribution is -0.161. The summed E-state index contributed by atoms with van der Waals surface area (Å²) in [6.07, 6.45) is 110. The van der Waals surface area contributed by atoms with Gasteiger partial charge >= 0.3 is 33.6 Å². The SMILES string of the molecule is CC/C=C\C/C=C\C/C=C\C/C=C\C/C=C\C/C=C\CCCCCCCCCCCCCCC(=O)OCC(O)COP(=O)(O)OCC(O)COP(=O)(O)OCC(COC(=O)CCCCCCCCCCCCCCCCC/C=C\C/C=C\C/C=C\C/C=C\C/C=C\CC)OC(=O)CCCCCCC/C=C\C/C=C\CCCCC. The van der Waals surface area contributed by atoms with Crippen LogP contribution in [0.25, 0.3) is 0 Å². The molecular weight excluding hydrogens is 1460 g/mol. The summed E-state index contributed by atoms with van der Waals surface area (Å²) in [5.74, 6) is -1.58. The van der Waals surface area contributed by atoms with Crippen LogP contribution in [-0.2, 0) is 55.8 Å². The molecular formula is C95H162O16P2. The second-order valence-electron chi connectivity index (χ2n) is 29.6. The van der Waals surface area contributed by atoms with Crippen LogP contribution in [0.2, 0.25) is 0 Å². The summed E-state index contributed by atoms with van der Waals surface area (Å²) >= 11 is 0. The molecule has 4 N–H and O–H groups in total. The number of carbonyl (C=O) groups is 3. The number of allylic oxidation sites excluding steroid dienone is 26. The zero-order valence-corrected chi connectivity index (χ0v) is 73.0. The van der Waals surface area contributed by atoms with Gasteiger partial charge in [0, 0.05) is 19.3 Å². The Labute approximate surface area is 689 Å². The lowest BCUT2D eigenvalue weighted by atomic mass is 10.0. The minimum absolute atomic E-state index is 0.0871. The molecule has 0 aromatic rings. The highest BCUT2D eigenvalue weighted by Crippen LogP contribution is 2.45. The molecule has 113 heavy (non-hydrogen) atoms. The second kappa shape index (κ2) is 86.5. The molecule has 16 nitrogen and oxygen atoms in total.